The number of hydrogen-bond acceptors (Lipinski definition) is 7. The monoisotopic (exact) mass is 532 g/mol. The molecular formula is C26H35BF2N4O5. The summed E-state index contributed by atoms with van der Waals surface area (Å²) in [7, 11) is -1.81. The molecule has 0 radical (unpaired) electrons. The number of amides is 2. The van der Waals surface area contributed by atoms with Crippen LogP contribution in [0.4, 0.5) is 13.6 Å². The molecule has 206 valence electrons. The molecule has 0 spiro atoms. The van der Waals surface area contributed by atoms with E-state index in [9.17, 15) is 33.7 Å². The number of alkyl halides is 2. The number of benzene rings is 1. The molecule has 1 aromatic carbocycles. The van der Waals surface area contributed by atoms with Crippen molar-refractivity contribution in [1.82, 2.24) is 15.1 Å². The Kier molecular flexibility index (Phi) is 9.18. The zero-order valence-electron chi connectivity index (χ0n) is 22.0. The Labute approximate surface area is 222 Å². The van der Waals surface area contributed by atoms with E-state index in [-0.39, 0.29) is 31.6 Å². The third-order valence-electron chi connectivity index (χ3n) is 7.30. The fraction of sp³-hybridized carbons (Fsp3) is 0.577. The minimum atomic E-state index is -2.81. The highest BCUT2D eigenvalue weighted by molar-refractivity contribution is 6.43. The van der Waals surface area contributed by atoms with Crippen molar-refractivity contribution in [3.63, 3.8) is 0 Å². The second kappa shape index (κ2) is 11.8. The van der Waals surface area contributed by atoms with E-state index in [1.165, 1.54) is 11.0 Å². The van der Waals surface area contributed by atoms with E-state index in [1.807, 2.05) is 12.1 Å². The van der Waals surface area contributed by atoms with Crippen molar-refractivity contribution < 1.29 is 33.2 Å². The summed E-state index contributed by atoms with van der Waals surface area (Å²) in [5.74, 6) is -4.37. The molecule has 0 bridgehead atoms. The fourth-order valence-corrected chi connectivity index (χ4v) is 4.99. The number of carbonyl (C=O) groups excluding carboxylic acids is 2. The second-order valence-electron chi connectivity index (χ2n) is 10.8. The van der Waals surface area contributed by atoms with Gasteiger partial charge in [0, 0.05) is 25.0 Å². The molecule has 2 atom stereocenters. The van der Waals surface area contributed by atoms with Crippen LogP contribution in [0.1, 0.15) is 45.6 Å². The Morgan fingerprint density at radius 3 is 2.53 bits per heavy atom. The van der Waals surface area contributed by atoms with Gasteiger partial charge in [0.1, 0.15) is 18.2 Å². The smallest absolute Gasteiger partial charge is 0.447 e. The van der Waals surface area contributed by atoms with E-state index in [2.05, 4.69) is 5.32 Å². The van der Waals surface area contributed by atoms with Crippen LogP contribution in [0, 0.1) is 11.3 Å². The van der Waals surface area contributed by atoms with Gasteiger partial charge < -0.3 is 25.0 Å². The molecule has 3 N–H and O–H groups in total. The first-order valence-corrected chi connectivity index (χ1v) is 12.7. The number of halogens is 2. The Morgan fingerprint density at radius 2 is 1.95 bits per heavy atom. The lowest BCUT2D eigenvalue weighted by molar-refractivity contribution is -0.131. The van der Waals surface area contributed by atoms with Gasteiger partial charge in [0.05, 0.1) is 18.0 Å². The van der Waals surface area contributed by atoms with Gasteiger partial charge in [-0.2, -0.15) is 5.26 Å². The standard InChI is InChI=1S/C26H35BF2N4O5/c1-24(2,32-13-11-26(28,29)17-32)15-20(16-30)22(34)33-12-7-10-25(33,3)18-38-23(35)31-21(27(36)37)14-19-8-5-4-6-9-19/h4-6,8-9,15,21,36-37H,7,10-14,17-18H2,1-3H3,(H,31,35)/t21?,25-/m1/s1. The summed E-state index contributed by atoms with van der Waals surface area (Å²) in [6.45, 7) is 5.00. The number of nitriles is 1. The molecule has 12 heteroatoms. The van der Waals surface area contributed by atoms with Gasteiger partial charge in [0.2, 0.25) is 0 Å². The Bertz CT molecular complexity index is 1080. The predicted molar refractivity (Wildman–Crippen MR) is 137 cm³/mol. The Hall–Kier alpha value is -3.01. The summed E-state index contributed by atoms with van der Waals surface area (Å²) in [6, 6.07) is 10.9. The molecule has 0 saturated carbocycles. The number of alkyl carbamates (subject to hydrolysis) is 1. The topological polar surface area (TPSA) is 126 Å². The number of ether oxygens (including phenoxy) is 1. The van der Waals surface area contributed by atoms with Gasteiger partial charge in [-0.3, -0.25) is 9.69 Å². The molecule has 0 aromatic heterocycles. The van der Waals surface area contributed by atoms with Crippen LogP contribution in [0.3, 0.4) is 0 Å². The summed E-state index contributed by atoms with van der Waals surface area (Å²) < 4.78 is 32.9. The Balaban J connectivity index is 1.65. The molecule has 2 amide bonds. The maximum absolute atomic E-state index is 13.8. The third kappa shape index (κ3) is 7.31. The first kappa shape index (κ1) is 29.5. The van der Waals surface area contributed by atoms with Crippen molar-refractivity contribution in [3.8, 4) is 6.07 Å². The van der Waals surface area contributed by atoms with E-state index in [0.29, 0.717) is 19.4 Å². The van der Waals surface area contributed by atoms with Crippen LogP contribution >= 0.6 is 0 Å². The summed E-state index contributed by atoms with van der Waals surface area (Å²) in [6.07, 6.45) is 1.60. The molecule has 3 rings (SSSR count). The van der Waals surface area contributed by atoms with Crippen molar-refractivity contribution in [3.05, 3.63) is 47.5 Å². The zero-order chi connectivity index (χ0) is 28.1. The van der Waals surface area contributed by atoms with E-state index in [4.69, 9.17) is 4.74 Å². The molecule has 2 heterocycles. The molecule has 38 heavy (non-hydrogen) atoms. The molecule has 1 unspecified atom stereocenters. The average molecular weight is 532 g/mol. The second-order valence-corrected chi connectivity index (χ2v) is 10.8. The number of carbonyl (C=O) groups is 2. The van der Waals surface area contributed by atoms with Gasteiger partial charge in [-0.15, -0.1) is 0 Å². The first-order valence-electron chi connectivity index (χ1n) is 12.7. The molecule has 1 aromatic rings. The van der Waals surface area contributed by atoms with Crippen LogP contribution in [-0.4, -0.2) is 88.1 Å². The van der Waals surface area contributed by atoms with Crippen LogP contribution in [-0.2, 0) is 16.0 Å². The normalized spacial score (nSPS) is 22.6. The number of nitrogens with one attached hydrogen (secondary N) is 1. The lowest BCUT2D eigenvalue weighted by Crippen LogP contribution is -2.52. The summed E-state index contributed by atoms with van der Waals surface area (Å²) in [5, 5.41) is 31.6. The number of rotatable bonds is 9. The number of hydrogen-bond donors (Lipinski definition) is 3. The molecule has 2 aliphatic rings. The van der Waals surface area contributed by atoms with Gasteiger partial charge >= 0.3 is 13.2 Å². The lowest BCUT2D eigenvalue weighted by atomic mass is 9.76. The van der Waals surface area contributed by atoms with Gasteiger partial charge in [0.25, 0.3) is 11.8 Å². The van der Waals surface area contributed by atoms with Crippen molar-refractivity contribution in [2.75, 3.05) is 26.2 Å². The molecule has 9 nitrogen and oxygen atoms in total. The highest BCUT2D eigenvalue weighted by Crippen LogP contribution is 2.34. The summed E-state index contributed by atoms with van der Waals surface area (Å²) >= 11 is 0. The van der Waals surface area contributed by atoms with Crippen molar-refractivity contribution in [1.29, 1.82) is 5.26 Å². The predicted octanol–water partition coefficient (Wildman–Crippen LogP) is 2.29. The summed E-state index contributed by atoms with van der Waals surface area (Å²) in [5.41, 5.74) is -1.20. The van der Waals surface area contributed by atoms with Crippen LogP contribution < -0.4 is 5.32 Å². The molecule has 2 saturated heterocycles. The van der Waals surface area contributed by atoms with Crippen molar-refractivity contribution in [2.24, 2.45) is 0 Å². The maximum atomic E-state index is 13.8. The Morgan fingerprint density at radius 1 is 1.26 bits per heavy atom. The van der Waals surface area contributed by atoms with E-state index < -0.39 is 48.6 Å². The van der Waals surface area contributed by atoms with E-state index in [0.717, 1.165) is 5.56 Å². The van der Waals surface area contributed by atoms with Gasteiger partial charge in [-0.05, 0) is 51.7 Å². The lowest BCUT2D eigenvalue weighted by Gasteiger charge is -2.36. The van der Waals surface area contributed by atoms with Crippen LogP contribution in [0.25, 0.3) is 0 Å². The fourth-order valence-electron chi connectivity index (χ4n) is 4.99. The van der Waals surface area contributed by atoms with Gasteiger partial charge in [0.15, 0.2) is 0 Å². The number of likely N-dealkylation sites (tertiary alicyclic amines) is 2. The van der Waals surface area contributed by atoms with Crippen molar-refractivity contribution >= 4 is 19.1 Å². The SMILES string of the molecule is CC(C)(C=C(C#N)C(=O)N1CCC[C@]1(C)COC(=O)NC(Cc1ccccc1)B(O)O)N1CCC(F)(F)C1. The van der Waals surface area contributed by atoms with Crippen LogP contribution in [0.15, 0.2) is 42.0 Å². The average Bonchev–Trinajstić information content (AvgIpc) is 3.43. The minimum Gasteiger partial charge on any atom is -0.447 e. The highest BCUT2D eigenvalue weighted by atomic mass is 19.3. The van der Waals surface area contributed by atoms with Crippen LogP contribution in [0.2, 0.25) is 0 Å². The van der Waals surface area contributed by atoms with E-state index in [1.54, 1.807) is 49.9 Å². The van der Waals surface area contributed by atoms with E-state index >= 15 is 0 Å². The molecule has 2 aliphatic heterocycles. The molecule has 2 fully saturated rings. The maximum Gasteiger partial charge on any atom is 0.475 e. The minimum absolute atomic E-state index is 0.154. The molecular weight excluding hydrogens is 497 g/mol. The molecule has 0 aliphatic carbocycles. The van der Waals surface area contributed by atoms with Gasteiger partial charge in [-0.25, -0.2) is 13.6 Å². The first-order chi connectivity index (χ1) is 17.8. The highest BCUT2D eigenvalue weighted by Gasteiger charge is 2.45. The zero-order valence-corrected chi connectivity index (χ0v) is 22.0. The quantitative estimate of drug-likeness (QED) is 0.253. The summed E-state index contributed by atoms with van der Waals surface area (Å²) in [4.78, 5) is 28.9. The van der Waals surface area contributed by atoms with Crippen molar-refractivity contribution in [2.45, 2.75) is 69.4 Å². The van der Waals surface area contributed by atoms with Crippen LogP contribution in [0.5, 0.6) is 0 Å². The number of nitrogens with zero attached hydrogens (tertiary/aromatic N) is 3. The van der Waals surface area contributed by atoms with Gasteiger partial charge in [-0.1, -0.05) is 30.3 Å². The third-order valence-corrected chi connectivity index (χ3v) is 7.30. The largest absolute Gasteiger partial charge is 0.475 e.